The van der Waals surface area contributed by atoms with Crippen LogP contribution in [0, 0.1) is 20.2 Å². The molecular formula is C11H5N3O9. The van der Waals surface area contributed by atoms with Crippen LogP contribution in [0.4, 0.5) is 11.5 Å². The van der Waals surface area contributed by atoms with Gasteiger partial charge in [0.1, 0.15) is 5.56 Å². The van der Waals surface area contributed by atoms with Gasteiger partial charge in [-0.1, -0.05) is 0 Å². The van der Waals surface area contributed by atoms with Crippen molar-refractivity contribution < 1.29 is 33.7 Å². The zero-order chi connectivity index (χ0) is 16.7. The standard InChI is InChI=1S/C11H5N3O9/c15-11(16)8-9(23-12-10(8)14(19)20)4-1-6-7(22-3-21-6)2-5(4)13(17)18/h1-2H,3H2,(H,15,16). The summed E-state index contributed by atoms with van der Waals surface area (Å²) >= 11 is 0. The molecule has 1 aliphatic heterocycles. The normalized spacial score (nSPS) is 12.2. The summed E-state index contributed by atoms with van der Waals surface area (Å²) in [5.74, 6) is -3.18. The molecule has 3 rings (SSSR count). The van der Waals surface area contributed by atoms with E-state index in [2.05, 4.69) is 9.68 Å². The molecular weight excluding hydrogens is 318 g/mol. The zero-order valence-corrected chi connectivity index (χ0v) is 10.9. The third kappa shape index (κ3) is 2.17. The number of aromatic carboxylic acids is 1. The van der Waals surface area contributed by atoms with Crippen molar-refractivity contribution in [1.82, 2.24) is 5.16 Å². The fourth-order valence-corrected chi connectivity index (χ4v) is 2.05. The first kappa shape index (κ1) is 14.2. The number of nitro groups is 2. The van der Waals surface area contributed by atoms with Crippen molar-refractivity contribution in [3.8, 4) is 22.8 Å². The van der Waals surface area contributed by atoms with Gasteiger partial charge in [-0.25, -0.2) is 4.79 Å². The van der Waals surface area contributed by atoms with Crippen molar-refractivity contribution in [2.45, 2.75) is 0 Å². The van der Waals surface area contributed by atoms with Gasteiger partial charge in [-0.05, 0) is 4.92 Å². The smallest absolute Gasteiger partial charge is 0.428 e. The van der Waals surface area contributed by atoms with E-state index in [-0.39, 0.29) is 23.9 Å². The molecule has 0 unspecified atom stereocenters. The van der Waals surface area contributed by atoms with Gasteiger partial charge in [0.25, 0.3) is 5.69 Å². The summed E-state index contributed by atoms with van der Waals surface area (Å²) in [4.78, 5) is 31.4. The first-order valence-electron chi connectivity index (χ1n) is 5.86. The van der Waals surface area contributed by atoms with Crippen molar-refractivity contribution >= 4 is 17.5 Å². The van der Waals surface area contributed by atoms with E-state index < -0.39 is 38.6 Å². The maximum atomic E-state index is 11.3. The van der Waals surface area contributed by atoms with E-state index >= 15 is 0 Å². The molecule has 0 spiro atoms. The van der Waals surface area contributed by atoms with Gasteiger partial charge in [0, 0.05) is 6.07 Å². The largest absolute Gasteiger partial charge is 0.477 e. The highest BCUT2D eigenvalue weighted by Crippen LogP contribution is 2.44. The Morgan fingerprint density at radius 2 is 1.83 bits per heavy atom. The maximum Gasteiger partial charge on any atom is 0.428 e. The van der Waals surface area contributed by atoms with Crippen LogP contribution < -0.4 is 9.47 Å². The fraction of sp³-hybridized carbons (Fsp3) is 0.0909. The molecule has 0 radical (unpaired) electrons. The third-order valence-corrected chi connectivity index (χ3v) is 2.99. The Hall–Kier alpha value is -3.70. The lowest BCUT2D eigenvalue weighted by atomic mass is 10.1. The van der Waals surface area contributed by atoms with Crippen LogP contribution in [-0.4, -0.2) is 32.9 Å². The number of nitro benzene ring substituents is 1. The molecule has 0 saturated carbocycles. The van der Waals surface area contributed by atoms with E-state index in [1.54, 1.807) is 0 Å². The van der Waals surface area contributed by atoms with Gasteiger partial charge in [-0.3, -0.25) is 14.6 Å². The summed E-state index contributed by atoms with van der Waals surface area (Å²) in [5, 5.41) is 34.2. The number of benzene rings is 1. The first-order valence-corrected chi connectivity index (χ1v) is 5.86. The Kier molecular flexibility index (Phi) is 3.06. The molecule has 0 aliphatic carbocycles. The van der Waals surface area contributed by atoms with E-state index in [0.717, 1.165) is 12.1 Å². The Balaban J connectivity index is 2.29. The molecule has 2 heterocycles. The molecule has 0 bridgehead atoms. The van der Waals surface area contributed by atoms with E-state index in [9.17, 15) is 25.0 Å². The van der Waals surface area contributed by atoms with E-state index in [1.165, 1.54) is 0 Å². The summed E-state index contributed by atoms with van der Waals surface area (Å²) < 4.78 is 14.7. The highest BCUT2D eigenvalue weighted by Gasteiger charge is 2.37. The molecule has 0 saturated heterocycles. The zero-order valence-electron chi connectivity index (χ0n) is 10.9. The first-order chi connectivity index (χ1) is 10.9. The highest BCUT2D eigenvalue weighted by atomic mass is 16.7. The molecule has 1 aliphatic rings. The Morgan fingerprint density at radius 3 is 2.39 bits per heavy atom. The van der Waals surface area contributed by atoms with Crippen LogP contribution in [0.25, 0.3) is 11.3 Å². The van der Waals surface area contributed by atoms with Gasteiger partial charge in [0.2, 0.25) is 18.1 Å². The summed E-state index contributed by atoms with van der Waals surface area (Å²) in [5.41, 5.74) is -1.78. The molecule has 1 N–H and O–H groups in total. The lowest BCUT2D eigenvalue weighted by Crippen LogP contribution is -2.03. The molecule has 0 fully saturated rings. The number of hydrogen-bond donors (Lipinski definition) is 1. The van der Waals surface area contributed by atoms with Crippen molar-refractivity contribution in [2.75, 3.05) is 6.79 Å². The minimum Gasteiger partial charge on any atom is -0.477 e. The SMILES string of the molecule is O=C(O)c1c([N+](=O)[O-])noc1-c1cc2c(cc1[N+](=O)[O-])OCO2. The second kappa shape index (κ2) is 4.94. The van der Waals surface area contributed by atoms with Gasteiger partial charge in [-0.2, -0.15) is 0 Å². The van der Waals surface area contributed by atoms with Crippen LogP contribution in [0.5, 0.6) is 11.5 Å². The number of fused-ring (bicyclic) bond motifs is 1. The highest BCUT2D eigenvalue weighted by molar-refractivity contribution is 5.99. The van der Waals surface area contributed by atoms with Crippen LogP contribution in [0.3, 0.4) is 0 Å². The minimum absolute atomic E-state index is 0.0892. The number of carboxylic acid groups (broad SMARTS) is 1. The molecule has 23 heavy (non-hydrogen) atoms. The molecule has 2 aromatic rings. The van der Waals surface area contributed by atoms with Gasteiger partial charge >= 0.3 is 11.8 Å². The topological polar surface area (TPSA) is 168 Å². The summed E-state index contributed by atoms with van der Waals surface area (Å²) in [6, 6.07) is 2.12. The fourth-order valence-electron chi connectivity index (χ4n) is 2.05. The van der Waals surface area contributed by atoms with E-state index in [0.29, 0.717) is 0 Å². The average Bonchev–Trinajstić information content (AvgIpc) is 3.11. The molecule has 1 aromatic carbocycles. The number of ether oxygens (including phenoxy) is 2. The second-order valence-electron chi connectivity index (χ2n) is 4.25. The third-order valence-electron chi connectivity index (χ3n) is 2.99. The monoisotopic (exact) mass is 323 g/mol. The molecule has 1 aromatic heterocycles. The van der Waals surface area contributed by atoms with Crippen LogP contribution in [0.15, 0.2) is 16.7 Å². The van der Waals surface area contributed by atoms with Crippen molar-refractivity contribution in [1.29, 1.82) is 0 Å². The molecule has 12 nitrogen and oxygen atoms in total. The predicted octanol–water partition coefficient (Wildman–Crippen LogP) is 1.58. The Labute approximate surface area is 125 Å². The number of aromatic nitrogens is 1. The Morgan fingerprint density at radius 1 is 1.17 bits per heavy atom. The van der Waals surface area contributed by atoms with Crippen molar-refractivity contribution in [3.63, 3.8) is 0 Å². The molecule has 0 atom stereocenters. The second-order valence-corrected chi connectivity index (χ2v) is 4.25. The summed E-state index contributed by atoms with van der Waals surface area (Å²) in [6.07, 6.45) is 0. The van der Waals surface area contributed by atoms with Gasteiger partial charge in [0.15, 0.2) is 16.7 Å². The number of hydrogen-bond acceptors (Lipinski definition) is 9. The number of nitrogens with zero attached hydrogens (tertiary/aromatic N) is 3. The lowest BCUT2D eigenvalue weighted by molar-refractivity contribution is -0.391. The number of carboxylic acids is 1. The van der Waals surface area contributed by atoms with E-state index in [4.69, 9.17) is 14.6 Å². The van der Waals surface area contributed by atoms with Crippen LogP contribution in [0.1, 0.15) is 10.4 Å². The predicted molar refractivity (Wildman–Crippen MR) is 68.3 cm³/mol. The number of carbonyl (C=O) groups is 1. The van der Waals surface area contributed by atoms with Gasteiger partial charge < -0.3 is 24.7 Å². The minimum atomic E-state index is -1.71. The van der Waals surface area contributed by atoms with Gasteiger partial charge in [-0.15, -0.1) is 0 Å². The quantitative estimate of drug-likeness (QED) is 0.643. The van der Waals surface area contributed by atoms with Gasteiger partial charge in [0.05, 0.1) is 11.0 Å². The summed E-state index contributed by atoms with van der Waals surface area (Å²) in [7, 11) is 0. The maximum absolute atomic E-state index is 11.3. The van der Waals surface area contributed by atoms with Crippen LogP contribution >= 0.6 is 0 Å². The molecule has 12 heteroatoms. The van der Waals surface area contributed by atoms with Crippen molar-refractivity contribution in [3.05, 3.63) is 37.9 Å². The van der Waals surface area contributed by atoms with Crippen molar-refractivity contribution in [2.24, 2.45) is 0 Å². The van der Waals surface area contributed by atoms with Crippen LogP contribution in [0.2, 0.25) is 0 Å². The van der Waals surface area contributed by atoms with E-state index in [1.807, 2.05) is 0 Å². The van der Waals surface area contributed by atoms with Crippen LogP contribution in [-0.2, 0) is 0 Å². The Bertz CT molecular complexity index is 857. The number of rotatable bonds is 4. The summed E-state index contributed by atoms with van der Waals surface area (Å²) in [6.45, 7) is -0.168. The molecule has 118 valence electrons. The molecule has 0 amide bonds. The average molecular weight is 323 g/mol. The lowest BCUT2D eigenvalue weighted by Gasteiger charge is -2.02.